The first kappa shape index (κ1) is 16.6. The molecule has 1 amide bonds. The molecule has 0 bridgehead atoms. The van der Waals surface area contributed by atoms with Crippen LogP contribution in [0.5, 0.6) is 11.5 Å². The first-order valence-corrected chi connectivity index (χ1v) is 7.51. The predicted molar refractivity (Wildman–Crippen MR) is 83.2 cm³/mol. The van der Waals surface area contributed by atoms with Crippen LogP contribution < -0.4 is 14.8 Å². The van der Waals surface area contributed by atoms with E-state index in [9.17, 15) is 4.79 Å². The van der Waals surface area contributed by atoms with Crippen molar-refractivity contribution in [2.75, 3.05) is 40.5 Å². The Morgan fingerprint density at radius 2 is 2.14 bits per heavy atom. The molecule has 6 heteroatoms. The summed E-state index contributed by atoms with van der Waals surface area (Å²) in [6.45, 7) is 5.06. The molecule has 1 aliphatic heterocycles. The number of rotatable bonds is 6. The van der Waals surface area contributed by atoms with Crippen LogP contribution in [-0.4, -0.2) is 57.4 Å². The number of hydrogen-bond acceptors (Lipinski definition) is 5. The van der Waals surface area contributed by atoms with Crippen LogP contribution in [0.25, 0.3) is 0 Å². The number of morpholine rings is 1. The van der Waals surface area contributed by atoms with Gasteiger partial charge in [0.25, 0.3) is 5.91 Å². The molecule has 0 aliphatic carbocycles. The van der Waals surface area contributed by atoms with Crippen molar-refractivity contribution in [3.63, 3.8) is 0 Å². The van der Waals surface area contributed by atoms with Gasteiger partial charge < -0.3 is 24.4 Å². The number of amides is 1. The Morgan fingerprint density at radius 3 is 2.73 bits per heavy atom. The van der Waals surface area contributed by atoms with Crippen LogP contribution in [0.2, 0.25) is 0 Å². The minimum Gasteiger partial charge on any atom is -0.493 e. The molecule has 1 aromatic rings. The Balaban J connectivity index is 2.07. The van der Waals surface area contributed by atoms with Crippen LogP contribution in [0.3, 0.4) is 0 Å². The molecule has 0 radical (unpaired) electrons. The second kappa shape index (κ2) is 8.00. The molecule has 1 saturated heterocycles. The maximum atomic E-state index is 12.5. The molecule has 1 atom stereocenters. The summed E-state index contributed by atoms with van der Waals surface area (Å²) < 4.78 is 16.1. The highest BCUT2D eigenvalue weighted by molar-refractivity contribution is 5.81. The monoisotopic (exact) mass is 308 g/mol. The number of likely N-dealkylation sites (N-methyl/N-ethyl adjacent to an activating group) is 1. The van der Waals surface area contributed by atoms with Crippen molar-refractivity contribution in [2.45, 2.75) is 19.6 Å². The van der Waals surface area contributed by atoms with E-state index < -0.39 is 6.10 Å². The molecule has 1 aliphatic rings. The van der Waals surface area contributed by atoms with Gasteiger partial charge in [-0.15, -0.1) is 0 Å². The number of carbonyl (C=O) groups is 1. The van der Waals surface area contributed by atoms with Crippen molar-refractivity contribution in [3.05, 3.63) is 23.8 Å². The van der Waals surface area contributed by atoms with Crippen LogP contribution in [0.1, 0.15) is 12.5 Å². The highest BCUT2D eigenvalue weighted by Gasteiger charge is 2.26. The van der Waals surface area contributed by atoms with Crippen molar-refractivity contribution in [1.29, 1.82) is 0 Å². The maximum absolute atomic E-state index is 12.5. The van der Waals surface area contributed by atoms with E-state index in [-0.39, 0.29) is 5.91 Å². The van der Waals surface area contributed by atoms with Gasteiger partial charge in [-0.1, -0.05) is 6.07 Å². The second-order valence-corrected chi connectivity index (χ2v) is 5.11. The lowest BCUT2D eigenvalue weighted by Gasteiger charge is -2.29. The number of carbonyl (C=O) groups excluding carboxylic acids is 1. The molecule has 2 rings (SSSR count). The van der Waals surface area contributed by atoms with Crippen molar-refractivity contribution in [1.82, 2.24) is 10.2 Å². The van der Waals surface area contributed by atoms with Crippen LogP contribution in [0, 0.1) is 0 Å². The van der Waals surface area contributed by atoms with Crippen LogP contribution in [0.15, 0.2) is 18.2 Å². The third kappa shape index (κ3) is 3.90. The van der Waals surface area contributed by atoms with Gasteiger partial charge in [-0.25, -0.2) is 0 Å². The summed E-state index contributed by atoms with van der Waals surface area (Å²) >= 11 is 0. The number of methoxy groups -OCH3 is 2. The molecular formula is C16H24N2O4. The summed E-state index contributed by atoms with van der Waals surface area (Å²) in [5, 5.41) is 3.18. The Hall–Kier alpha value is -1.79. The van der Waals surface area contributed by atoms with Gasteiger partial charge >= 0.3 is 0 Å². The molecule has 0 saturated carbocycles. The fourth-order valence-corrected chi connectivity index (χ4v) is 2.47. The zero-order valence-corrected chi connectivity index (χ0v) is 13.4. The fourth-order valence-electron chi connectivity index (χ4n) is 2.47. The minimum atomic E-state index is -0.395. The maximum Gasteiger partial charge on any atom is 0.253 e. The van der Waals surface area contributed by atoms with E-state index in [2.05, 4.69) is 5.32 Å². The SMILES string of the molecule is CCN(Cc1ccc(OC)c(OC)c1)C(=O)C1CNCCO1. The standard InChI is InChI=1S/C16H24N2O4/c1-4-18(16(19)15-10-17-7-8-22-15)11-12-5-6-13(20-2)14(9-12)21-3/h5-6,9,15,17H,4,7-8,10-11H2,1-3H3. The van der Waals surface area contributed by atoms with Gasteiger partial charge in [0.2, 0.25) is 0 Å². The van der Waals surface area contributed by atoms with Gasteiger partial charge in [0.05, 0.1) is 20.8 Å². The average Bonchev–Trinajstić information content (AvgIpc) is 2.59. The predicted octanol–water partition coefficient (Wildman–Crippen LogP) is 1.04. The van der Waals surface area contributed by atoms with Gasteiger partial charge in [-0.3, -0.25) is 4.79 Å². The van der Waals surface area contributed by atoms with E-state index in [4.69, 9.17) is 14.2 Å². The van der Waals surface area contributed by atoms with E-state index in [0.717, 1.165) is 12.1 Å². The van der Waals surface area contributed by atoms with Gasteiger partial charge in [0, 0.05) is 26.2 Å². The Morgan fingerprint density at radius 1 is 1.36 bits per heavy atom. The van der Waals surface area contributed by atoms with Gasteiger partial charge in [-0.2, -0.15) is 0 Å². The average molecular weight is 308 g/mol. The van der Waals surface area contributed by atoms with E-state index >= 15 is 0 Å². The molecule has 0 spiro atoms. The highest BCUT2D eigenvalue weighted by Crippen LogP contribution is 2.28. The molecule has 1 aromatic carbocycles. The largest absolute Gasteiger partial charge is 0.493 e. The molecule has 1 heterocycles. The summed E-state index contributed by atoms with van der Waals surface area (Å²) in [4.78, 5) is 14.3. The second-order valence-electron chi connectivity index (χ2n) is 5.11. The van der Waals surface area contributed by atoms with Gasteiger partial charge in [0.15, 0.2) is 11.5 Å². The third-order valence-corrected chi connectivity index (χ3v) is 3.72. The summed E-state index contributed by atoms with van der Waals surface area (Å²) in [6.07, 6.45) is -0.395. The first-order chi connectivity index (χ1) is 10.7. The van der Waals surface area contributed by atoms with Crippen LogP contribution >= 0.6 is 0 Å². The van der Waals surface area contributed by atoms with E-state index in [1.54, 1.807) is 19.1 Å². The molecule has 6 nitrogen and oxygen atoms in total. The molecule has 1 fully saturated rings. The number of benzene rings is 1. The summed E-state index contributed by atoms with van der Waals surface area (Å²) in [5.41, 5.74) is 0.997. The number of nitrogens with one attached hydrogen (secondary N) is 1. The van der Waals surface area contributed by atoms with E-state index in [1.165, 1.54) is 0 Å². The Kier molecular flexibility index (Phi) is 6.03. The zero-order valence-electron chi connectivity index (χ0n) is 13.4. The minimum absolute atomic E-state index is 0.0180. The van der Waals surface area contributed by atoms with Gasteiger partial charge in [-0.05, 0) is 24.6 Å². The summed E-state index contributed by atoms with van der Waals surface area (Å²) in [6, 6.07) is 5.69. The smallest absolute Gasteiger partial charge is 0.253 e. The normalized spacial score (nSPS) is 17.9. The van der Waals surface area contributed by atoms with Gasteiger partial charge in [0.1, 0.15) is 6.10 Å². The Bertz CT molecular complexity index is 501. The molecule has 1 unspecified atom stereocenters. The summed E-state index contributed by atoms with van der Waals surface area (Å²) in [7, 11) is 3.21. The van der Waals surface area contributed by atoms with Crippen molar-refractivity contribution in [2.24, 2.45) is 0 Å². The summed E-state index contributed by atoms with van der Waals surface area (Å²) in [5.74, 6) is 1.36. The van der Waals surface area contributed by atoms with Crippen molar-refractivity contribution >= 4 is 5.91 Å². The molecular weight excluding hydrogens is 284 g/mol. The number of ether oxygens (including phenoxy) is 3. The molecule has 122 valence electrons. The van der Waals surface area contributed by atoms with Crippen molar-refractivity contribution < 1.29 is 19.0 Å². The zero-order chi connectivity index (χ0) is 15.9. The lowest BCUT2D eigenvalue weighted by molar-refractivity contribution is -0.145. The van der Waals surface area contributed by atoms with Crippen molar-refractivity contribution in [3.8, 4) is 11.5 Å². The van der Waals surface area contributed by atoms with Crippen LogP contribution in [-0.2, 0) is 16.1 Å². The number of nitrogens with zero attached hydrogens (tertiary/aromatic N) is 1. The first-order valence-electron chi connectivity index (χ1n) is 7.51. The van der Waals surface area contributed by atoms with Crippen LogP contribution in [0.4, 0.5) is 0 Å². The fraction of sp³-hybridized carbons (Fsp3) is 0.562. The highest BCUT2D eigenvalue weighted by atomic mass is 16.5. The van der Waals surface area contributed by atoms with E-state index in [1.807, 2.05) is 25.1 Å². The topological polar surface area (TPSA) is 60.0 Å². The molecule has 22 heavy (non-hydrogen) atoms. The third-order valence-electron chi connectivity index (χ3n) is 3.72. The Labute approximate surface area is 131 Å². The molecule has 0 aromatic heterocycles. The quantitative estimate of drug-likeness (QED) is 0.851. The lowest BCUT2D eigenvalue weighted by atomic mass is 10.1. The molecule has 1 N–H and O–H groups in total. The number of hydrogen-bond donors (Lipinski definition) is 1. The lowest BCUT2D eigenvalue weighted by Crippen LogP contribution is -2.49. The van der Waals surface area contributed by atoms with E-state index in [0.29, 0.717) is 37.7 Å².